The minimum absolute atomic E-state index is 0.00931. The Balaban J connectivity index is 2.19. The lowest BCUT2D eigenvalue weighted by atomic mass is 10.1. The lowest BCUT2D eigenvalue weighted by molar-refractivity contribution is -0.117. The zero-order valence-corrected chi connectivity index (χ0v) is 8.63. The predicted octanol–water partition coefficient (Wildman–Crippen LogP) is 0.298. The molecule has 2 rings (SSSR count). The number of anilines is 1. The third-order valence-corrected chi connectivity index (χ3v) is 2.62. The van der Waals surface area contributed by atoms with Crippen molar-refractivity contribution in [2.24, 2.45) is 5.92 Å². The molecular formula is C11H11N3O2. The molecule has 1 saturated heterocycles. The first kappa shape index (κ1) is 10.6. The van der Waals surface area contributed by atoms with Crippen molar-refractivity contribution in [2.45, 2.75) is 6.42 Å². The third kappa shape index (κ3) is 1.88. The largest absolute Gasteiger partial charge is 0.396 e. The van der Waals surface area contributed by atoms with Crippen molar-refractivity contribution in [2.75, 3.05) is 18.1 Å². The fraction of sp³-hybridized carbons (Fsp3) is 0.364. The molecule has 0 radical (unpaired) electrons. The van der Waals surface area contributed by atoms with E-state index < -0.39 is 0 Å². The van der Waals surface area contributed by atoms with E-state index in [1.807, 2.05) is 6.07 Å². The molecule has 2 heterocycles. The summed E-state index contributed by atoms with van der Waals surface area (Å²) < 4.78 is 0. The van der Waals surface area contributed by atoms with Gasteiger partial charge in [0.15, 0.2) is 0 Å². The van der Waals surface area contributed by atoms with Crippen molar-refractivity contribution in [3.05, 3.63) is 23.9 Å². The van der Waals surface area contributed by atoms with E-state index in [-0.39, 0.29) is 18.4 Å². The molecule has 0 aliphatic carbocycles. The predicted molar refractivity (Wildman–Crippen MR) is 56.5 cm³/mol. The second kappa shape index (κ2) is 4.29. The summed E-state index contributed by atoms with van der Waals surface area (Å²) >= 11 is 0. The van der Waals surface area contributed by atoms with E-state index in [4.69, 9.17) is 10.4 Å². The van der Waals surface area contributed by atoms with Crippen LogP contribution in [0.5, 0.6) is 0 Å². The van der Waals surface area contributed by atoms with Gasteiger partial charge in [0.05, 0.1) is 5.56 Å². The molecule has 1 aliphatic heterocycles. The molecule has 1 atom stereocenters. The number of aliphatic hydroxyl groups is 1. The standard InChI is InChI=1S/C11H11N3O2/c12-4-8-1-2-10(13-5-8)14-6-9(7-15)3-11(14)16/h1-2,5,9,15H,3,6-7H2. The summed E-state index contributed by atoms with van der Waals surface area (Å²) in [7, 11) is 0. The number of nitriles is 1. The number of hydrogen-bond donors (Lipinski definition) is 1. The maximum atomic E-state index is 11.6. The van der Waals surface area contributed by atoms with Gasteiger partial charge < -0.3 is 5.11 Å². The van der Waals surface area contributed by atoms with Crippen molar-refractivity contribution >= 4 is 11.7 Å². The second-order valence-electron chi connectivity index (χ2n) is 3.77. The number of amides is 1. The summed E-state index contributed by atoms with van der Waals surface area (Å²) in [5.74, 6) is 0.501. The molecule has 82 valence electrons. The van der Waals surface area contributed by atoms with E-state index in [1.54, 1.807) is 17.0 Å². The summed E-state index contributed by atoms with van der Waals surface area (Å²) in [6.45, 7) is 0.507. The van der Waals surface area contributed by atoms with Crippen LogP contribution in [0.1, 0.15) is 12.0 Å². The number of carbonyl (C=O) groups excluding carboxylic acids is 1. The van der Waals surface area contributed by atoms with Crippen molar-refractivity contribution in [1.82, 2.24) is 4.98 Å². The Morgan fingerprint density at radius 2 is 2.44 bits per heavy atom. The van der Waals surface area contributed by atoms with Gasteiger partial charge in [-0.2, -0.15) is 5.26 Å². The molecule has 1 unspecified atom stereocenters. The molecule has 16 heavy (non-hydrogen) atoms. The first-order chi connectivity index (χ1) is 7.74. The van der Waals surface area contributed by atoms with E-state index in [0.717, 1.165) is 0 Å². The van der Waals surface area contributed by atoms with E-state index in [2.05, 4.69) is 4.98 Å². The van der Waals surface area contributed by atoms with Crippen LogP contribution in [-0.2, 0) is 4.79 Å². The highest BCUT2D eigenvalue weighted by Gasteiger charge is 2.30. The van der Waals surface area contributed by atoms with Gasteiger partial charge in [0.25, 0.3) is 0 Å². The molecule has 0 saturated carbocycles. The Bertz CT molecular complexity index is 436. The SMILES string of the molecule is N#Cc1ccc(N2CC(CO)CC2=O)nc1. The monoisotopic (exact) mass is 217 g/mol. The average molecular weight is 217 g/mol. The number of aromatic nitrogens is 1. The van der Waals surface area contributed by atoms with Crippen LogP contribution in [0.4, 0.5) is 5.82 Å². The van der Waals surface area contributed by atoms with Gasteiger partial charge in [0, 0.05) is 31.7 Å². The highest BCUT2D eigenvalue weighted by atomic mass is 16.3. The number of pyridine rings is 1. The van der Waals surface area contributed by atoms with Crippen LogP contribution >= 0.6 is 0 Å². The molecule has 0 spiro atoms. The van der Waals surface area contributed by atoms with Gasteiger partial charge in [0.2, 0.25) is 5.91 Å². The van der Waals surface area contributed by atoms with E-state index in [0.29, 0.717) is 24.3 Å². The first-order valence-electron chi connectivity index (χ1n) is 5.02. The second-order valence-corrected chi connectivity index (χ2v) is 3.77. The molecular weight excluding hydrogens is 206 g/mol. The lowest BCUT2D eigenvalue weighted by Crippen LogP contribution is -2.25. The van der Waals surface area contributed by atoms with Gasteiger partial charge in [-0.05, 0) is 12.1 Å². The molecule has 5 nitrogen and oxygen atoms in total. The van der Waals surface area contributed by atoms with Crippen molar-refractivity contribution in [3.8, 4) is 6.07 Å². The molecule has 1 aromatic rings. The Morgan fingerprint density at radius 3 is 2.94 bits per heavy atom. The van der Waals surface area contributed by atoms with Crippen LogP contribution in [0, 0.1) is 17.2 Å². The average Bonchev–Trinajstić information content (AvgIpc) is 2.71. The summed E-state index contributed by atoms with van der Waals surface area (Å²) in [6.07, 6.45) is 1.80. The maximum absolute atomic E-state index is 11.6. The van der Waals surface area contributed by atoms with Crippen LogP contribution < -0.4 is 4.90 Å². The molecule has 1 aliphatic rings. The Labute approximate surface area is 92.9 Å². The Hall–Kier alpha value is -1.93. The van der Waals surface area contributed by atoms with Crippen LogP contribution in [-0.4, -0.2) is 29.1 Å². The highest BCUT2D eigenvalue weighted by Crippen LogP contribution is 2.22. The zero-order chi connectivity index (χ0) is 11.5. The van der Waals surface area contributed by atoms with Crippen molar-refractivity contribution in [3.63, 3.8) is 0 Å². The van der Waals surface area contributed by atoms with Crippen LogP contribution in [0.3, 0.4) is 0 Å². The number of rotatable bonds is 2. The fourth-order valence-corrected chi connectivity index (χ4v) is 1.74. The van der Waals surface area contributed by atoms with Crippen LogP contribution in [0.15, 0.2) is 18.3 Å². The number of aliphatic hydroxyl groups excluding tert-OH is 1. The summed E-state index contributed by atoms with van der Waals surface area (Å²) in [5, 5.41) is 17.6. The number of carbonyl (C=O) groups is 1. The number of nitrogens with zero attached hydrogens (tertiary/aromatic N) is 3. The first-order valence-corrected chi connectivity index (χ1v) is 5.02. The van der Waals surface area contributed by atoms with Crippen LogP contribution in [0.2, 0.25) is 0 Å². The third-order valence-electron chi connectivity index (χ3n) is 2.62. The summed E-state index contributed by atoms with van der Waals surface area (Å²) in [4.78, 5) is 17.2. The minimum atomic E-state index is -0.0312. The maximum Gasteiger partial charge on any atom is 0.228 e. The van der Waals surface area contributed by atoms with Gasteiger partial charge in [-0.15, -0.1) is 0 Å². The Kier molecular flexibility index (Phi) is 2.84. The smallest absolute Gasteiger partial charge is 0.228 e. The van der Waals surface area contributed by atoms with Gasteiger partial charge in [0.1, 0.15) is 11.9 Å². The van der Waals surface area contributed by atoms with Gasteiger partial charge in [-0.3, -0.25) is 9.69 Å². The van der Waals surface area contributed by atoms with E-state index in [9.17, 15) is 4.79 Å². The summed E-state index contributed by atoms with van der Waals surface area (Å²) in [6, 6.07) is 5.25. The lowest BCUT2D eigenvalue weighted by Gasteiger charge is -2.14. The minimum Gasteiger partial charge on any atom is -0.396 e. The summed E-state index contributed by atoms with van der Waals surface area (Å²) in [5.41, 5.74) is 0.467. The molecule has 0 bridgehead atoms. The molecule has 1 aromatic heterocycles. The molecule has 5 heteroatoms. The number of hydrogen-bond acceptors (Lipinski definition) is 4. The topological polar surface area (TPSA) is 77.2 Å². The molecule has 0 aromatic carbocycles. The van der Waals surface area contributed by atoms with E-state index >= 15 is 0 Å². The highest BCUT2D eigenvalue weighted by molar-refractivity contribution is 5.94. The quantitative estimate of drug-likeness (QED) is 0.772. The van der Waals surface area contributed by atoms with Crippen LogP contribution in [0.25, 0.3) is 0 Å². The molecule has 1 N–H and O–H groups in total. The Morgan fingerprint density at radius 1 is 1.62 bits per heavy atom. The van der Waals surface area contributed by atoms with E-state index in [1.165, 1.54) is 6.20 Å². The van der Waals surface area contributed by atoms with Gasteiger partial charge >= 0.3 is 0 Å². The normalized spacial score (nSPS) is 19.9. The van der Waals surface area contributed by atoms with Gasteiger partial charge in [-0.1, -0.05) is 0 Å². The zero-order valence-electron chi connectivity index (χ0n) is 8.63. The molecule has 1 fully saturated rings. The molecule has 1 amide bonds. The fourth-order valence-electron chi connectivity index (χ4n) is 1.74. The van der Waals surface area contributed by atoms with Gasteiger partial charge in [-0.25, -0.2) is 4.98 Å². The van der Waals surface area contributed by atoms with Crippen molar-refractivity contribution in [1.29, 1.82) is 5.26 Å². The van der Waals surface area contributed by atoms with Crippen molar-refractivity contribution < 1.29 is 9.90 Å².